The molecule has 2 rings (SSSR count). The number of nitro groups is 1. The first-order chi connectivity index (χ1) is 9.86. The number of non-ortho nitro benzene ring substituents is 1. The van der Waals surface area contributed by atoms with Gasteiger partial charge in [0.1, 0.15) is 0 Å². The van der Waals surface area contributed by atoms with Crippen molar-refractivity contribution in [2.75, 3.05) is 5.32 Å². The molecule has 1 aromatic heterocycles. The van der Waals surface area contributed by atoms with Crippen LogP contribution < -0.4 is 5.32 Å². The Morgan fingerprint density at radius 2 is 1.86 bits per heavy atom. The molecule has 21 heavy (non-hydrogen) atoms. The quantitative estimate of drug-likeness (QED) is 0.487. The number of nitro benzene ring substituents is 1. The van der Waals surface area contributed by atoms with E-state index in [0.717, 1.165) is 11.4 Å². The molecule has 108 valence electrons. The fourth-order valence-corrected chi connectivity index (χ4v) is 2.33. The minimum atomic E-state index is -0.541. The van der Waals surface area contributed by atoms with E-state index in [4.69, 9.17) is 0 Å². The molecule has 0 aliphatic carbocycles. The van der Waals surface area contributed by atoms with E-state index in [0.29, 0.717) is 3.57 Å². The maximum atomic E-state index is 12.2. The first-order valence-corrected chi connectivity index (χ1v) is 7.02. The Morgan fingerprint density at radius 1 is 1.24 bits per heavy atom. The number of halogens is 1. The highest BCUT2D eigenvalue weighted by Gasteiger charge is 2.16. The average molecular weight is 398 g/mol. The van der Waals surface area contributed by atoms with E-state index in [1.165, 1.54) is 18.2 Å². The molecular formula is C13H11IN4O3. The highest BCUT2D eigenvalue weighted by molar-refractivity contribution is 14.1. The number of aromatic nitrogens is 2. The van der Waals surface area contributed by atoms with E-state index >= 15 is 0 Å². The van der Waals surface area contributed by atoms with E-state index in [2.05, 4.69) is 15.3 Å². The van der Waals surface area contributed by atoms with Crippen molar-refractivity contribution < 1.29 is 9.72 Å². The van der Waals surface area contributed by atoms with Gasteiger partial charge in [-0.15, -0.1) is 0 Å². The fraction of sp³-hybridized carbons (Fsp3) is 0.154. The summed E-state index contributed by atoms with van der Waals surface area (Å²) in [5.74, 6) is -0.298. The van der Waals surface area contributed by atoms with Gasteiger partial charge in [-0.05, 0) is 48.6 Å². The van der Waals surface area contributed by atoms with Crippen molar-refractivity contribution >= 4 is 40.1 Å². The molecule has 0 radical (unpaired) electrons. The van der Waals surface area contributed by atoms with Gasteiger partial charge in [0, 0.05) is 27.1 Å². The summed E-state index contributed by atoms with van der Waals surface area (Å²) in [6.45, 7) is 3.59. The van der Waals surface area contributed by atoms with Crippen LogP contribution in [0.5, 0.6) is 0 Å². The minimum Gasteiger partial charge on any atom is -0.290 e. The lowest BCUT2D eigenvalue weighted by Crippen LogP contribution is -2.16. The monoisotopic (exact) mass is 398 g/mol. The van der Waals surface area contributed by atoms with E-state index in [9.17, 15) is 14.9 Å². The first-order valence-electron chi connectivity index (χ1n) is 5.94. The number of hydrogen-bond acceptors (Lipinski definition) is 5. The number of benzene rings is 1. The molecule has 2 aromatic rings. The van der Waals surface area contributed by atoms with Crippen molar-refractivity contribution in [2.45, 2.75) is 13.8 Å². The molecule has 0 bridgehead atoms. The standard InChI is InChI=1S/C13H11IN4O3/c1-7-5-8(2)16-13(15-7)17-12(19)10-6-9(18(20)21)3-4-11(10)14/h3-6H,1-2H3,(H,15,16,17,19). The van der Waals surface area contributed by atoms with Gasteiger partial charge in [0.25, 0.3) is 11.6 Å². The van der Waals surface area contributed by atoms with Gasteiger partial charge in [-0.2, -0.15) is 0 Å². The van der Waals surface area contributed by atoms with Crippen molar-refractivity contribution in [3.63, 3.8) is 0 Å². The van der Waals surface area contributed by atoms with E-state index < -0.39 is 10.8 Å². The number of aryl methyl sites for hydroxylation is 2. The summed E-state index contributed by atoms with van der Waals surface area (Å²) in [5, 5.41) is 13.3. The number of rotatable bonds is 3. The van der Waals surface area contributed by atoms with Gasteiger partial charge in [0.15, 0.2) is 0 Å². The third-order valence-electron chi connectivity index (χ3n) is 2.61. The molecule has 0 spiro atoms. The lowest BCUT2D eigenvalue weighted by atomic mass is 10.2. The van der Waals surface area contributed by atoms with Crippen LogP contribution in [0.2, 0.25) is 0 Å². The predicted octanol–water partition coefficient (Wildman–Crippen LogP) is 2.86. The Morgan fingerprint density at radius 3 is 2.43 bits per heavy atom. The highest BCUT2D eigenvalue weighted by Crippen LogP contribution is 2.20. The third kappa shape index (κ3) is 3.72. The lowest BCUT2D eigenvalue weighted by Gasteiger charge is -2.07. The number of nitrogens with zero attached hydrogens (tertiary/aromatic N) is 3. The first kappa shape index (κ1) is 15.3. The Hall–Kier alpha value is -2.10. The molecule has 0 saturated carbocycles. The summed E-state index contributed by atoms with van der Waals surface area (Å²) in [7, 11) is 0. The summed E-state index contributed by atoms with van der Waals surface area (Å²) in [4.78, 5) is 30.7. The second kappa shape index (κ2) is 6.12. The van der Waals surface area contributed by atoms with Gasteiger partial charge < -0.3 is 0 Å². The zero-order valence-electron chi connectivity index (χ0n) is 11.3. The van der Waals surface area contributed by atoms with E-state index in [1.807, 2.05) is 22.6 Å². The van der Waals surface area contributed by atoms with Gasteiger partial charge >= 0.3 is 0 Å². The number of carbonyl (C=O) groups excluding carboxylic acids is 1. The maximum Gasteiger partial charge on any atom is 0.270 e. The van der Waals surface area contributed by atoms with Gasteiger partial charge in [-0.1, -0.05) is 0 Å². The van der Waals surface area contributed by atoms with Crippen LogP contribution in [0.15, 0.2) is 24.3 Å². The molecule has 0 unspecified atom stereocenters. The SMILES string of the molecule is Cc1cc(C)nc(NC(=O)c2cc([N+](=O)[O-])ccc2I)n1. The van der Waals surface area contributed by atoms with Crippen molar-refractivity contribution in [3.8, 4) is 0 Å². The second-order valence-corrected chi connectivity index (χ2v) is 5.51. The molecule has 1 N–H and O–H groups in total. The van der Waals surface area contributed by atoms with Gasteiger partial charge in [0.05, 0.1) is 10.5 Å². The molecule has 8 heteroatoms. The molecule has 1 aromatic carbocycles. The summed E-state index contributed by atoms with van der Waals surface area (Å²) >= 11 is 1.95. The molecule has 0 aliphatic rings. The number of anilines is 1. The van der Waals surface area contributed by atoms with Gasteiger partial charge in [0.2, 0.25) is 5.95 Å². The molecule has 0 atom stereocenters. The Kier molecular flexibility index (Phi) is 4.46. The minimum absolute atomic E-state index is 0.137. The summed E-state index contributed by atoms with van der Waals surface area (Å²) in [6.07, 6.45) is 0. The van der Waals surface area contributed by atoms with Crippen LogP contribution in [0.4, 0.5) is 11.6 Å². The van der Waals surface area contributed by atoms with Crippen molar-refractivity contribution in [1.29, 1.82) is 0 Å². The van der Waals surface area contributed by atoms with Gasteiger partial charge in [-0.3, -0.25) is 20.2 Å². The van der Waals surface area contributed by atoms with Crippen LogP contribution in [0, 0.1) is 27.5 Å². The average Bonchev–Trinajstić information content (AvgIpc) is 2.37. The summed E-state index contributed by atoms with van der Waals surface area (Å²) < 4.78 is 0.611. The van der Waals surface area contributed by atoms with Crippen molar-refractivity contribution in [3.05, 3.63) is 54.9 Å². The molecule has 0 aliphatic heterocycles. The smallest absolute Gasteiger partial charge is 0.270 e. The zero-order chi connectivity index (χ0) is 15.6. The molecule has 1 heterocycles. The number of nitrogens with one attached hydrogen (secondary N) is 1. The van der Waals surface area contributed by atoms with E-state index in [-0.39, 0.29) is 17.2 Å². The largest absolute Gasteiger partial charge is 0.290 e. The van der Waals surface area contributed by atoms with Crippen molar-refractivity contribution in [2.24, 2.45) is 0 Å². The van der Waals surface area contributed by atoms with Crippen LogP contribution in [-0.2, 0) is 0 Å². The summed E-state index contributed by atoms with van der Waals surface area (Å²) in [6, 6.07) is 5.90. The molecule has 1 amide bonds. The number of amides is 1. The van der Waals surface area contributed by atoms with Crippen LogP contribution in [0.25, 0.3) is 0 Å². The Balaban J connectivity index is 2.31. The summed E-state index contributed by atoms with van der Waals surface area (Å²) in [5.41, 5.74) is 1.53. The van der Waals surface area contributed by atoms with Crippen LogP contribution in [0.1, 0.15) is 21.7 Å². The molecular weight excluding hydrogens is 387 g/mol. The highest BCUT2D eigenvalue weighted by atomic mass is 127. The van der Waals surface area contributed by atoms with Crippen LogP contribution in [0.3, 0.4) is 0 Å². The lowest BCUT2D eigenvalue weighted by molar-refractivity contribution is -0.384. The third-order valence-corrected chi connectivity index (χ3v) is 3.55. The predicted molar refractivity (Wildman–Crippen MR) is 85.3 cm³/mol. The topological polar surface area (TPSA) is 98.0 Å². The maximum absolute atomic E-state index is 12.2. The second-order valence-electron chi connectivity index (χ2n) is 4.35. The Labute approximate surface area is 134 Å². The van der Waals surface area contributed by atoms with Crippen LogP contribution >= 0.6 is 22.6 Å². The number of hydrogen-bond donors (Lipinski definition) is 1. The van der Waals surface area contributed by atoms with E-state index in [1.54, 1.807) is 19.9 Å². The number of carbonyl (C=O) groups is 1. The van der Waals surface area contributed by atoms with Gasteiger partial charge in [-0.25, -0.2) is 9.97 Å². The molecule has 0 saturated heterocycles. The normalized spacial score (nSPS) is 10.2. The molecule has 7 nitrogen and oxygen atoms in total. The van der Waals surface area contributed by atoms with Crippen LogP contribution in [-0.4, -0.2) is 20.8 Å². The fourth-order valence-electron chi connectivity index (χ4n) is 1.75. The Bertz CT molecular complexity index is 713. The molecule has 0 fully saturated rings. The zero-order valence-corrected chi connectivity index (χ0v) is 13.4. The van der Waals surface area contributed by atoms with Crippen molar-refractivity contribution in [1.82, 2.24) is 9.97 Å².